The quantitative estimate of drug-likeness (QED) is 0.736. The predicted molar refractivity (Wildman–Crippen MR) is 80.6 cm³/mol. The summed E-state index contributed by atoms with van der Waals surface area (Å²) >= 11 is 1.30. The Morgan fingerprint density at radius 3 is 2.85 bits per heavy atom. The highest BCUT2D eigenvalue weighted by molar-refractivity contribution is 7.21. The Bertz CT molecular complexity index is 876. The largest absolute Gasteiger partial charge is 0.462 e. The summed E-state index contributed by atoms with van der Waals surface area (Å²) < 4.78 is 5.82. The number of ether oxygens (including phenoxy) is 1. The van der Waals surface area contributed by atoms with Gasteiger partial charge in [0, 0.05) is 10.9 Å². The molecular formula is C15H13NO3S. The van der Waals surface area contributed by atoms with Crippen molar-refractivity contribution in [3.8, 4) is 0 Å². The van der Waals surface area contributed by atoms with E-state index in [2.05, 4.69) is 4.98 Å². The summed E-state index contributed by atoms with van der Waals surface area (Å²) in [6, 6.07) is 7.46. The normalized spacial score (nSPS) is 11.1. The molecule has 1 N–H and O–H groups in total. The van der Waals surface area contributed by atoms with Gasteiger partial charge in [-0.25, -0.2) is 4.79 Å². The van der Waals surface area contributed by atoms with Crippen LogP contribution in [0.25, 0.3) is 21.0 Å². The first kappa shape index (κ1) is 12.9. The molecule has 0 radical (unpaired) electrons. The number of pyridine rings is 1. The van der Waals surface area contributed by atoms with Crippen LogP contribution in [0, 0.1) is 6.92 Å². The molecule has 0 spiro atoms. The van der Waals surface area contributed by atoms with Gasteiger partial charge in [0.25, 0.3) is 5.56 Å². The number of esters is 1. The number of aromatic amines is 1. The van der Waals surface area contributed by atoms with Crippen molar-refractivity contribution in [2.75, 3.05) is 6.61 Å². The molecule has 2 aromatic heterocycles. The van der Waals surface area contributed by atoms with E-state index in [1.165, 1.54) is 11.3 Å². The second kappa shape index (κ2) is 4.76. The van der Waals surface area contributed by atoms with E-state index in [-0.39, 0.29) is 11.5 Å². The van der Waals surface area contributed by atoms with Crippen molar-refractivity contribution in [1.82, 2.24) is 4.98 Å². The molecule has 0 aliphatic heterocycles. The Balaban J connectivity index is 2.34. The van der Waals surface area contributed by atoms with Crippen LogP contribution in [-0.2, 0) is 4.74 Å². The Kier molecular flexibility index (Phi) is 3.06. The van der Waals surface area contributed by atoms with Gasteiger partial charge in [-0.2, -0.15) is 0 Å². The SMILES string of the molecule is CCOC(=O)c1cc2c(=O)[nH]c3ccc(C)cc3c2s1. The number of rotatable bonds is 2. The lowest BCUT2D eigenvalue weighted by Gasteiger charge is -2.00. The lowest BCUT2D eigenvalue weighted by Crippen LogP contribution is -2.05. The number of hydrogen-bond donors (Lipinski definition) is 1. The molecule has 0 unspecified atom stereocenters. The van der Waals surface area contributed by atoms with Gasteiger partial charge in [-0.3, -0.25) is 4.79 Å². The molecule has 0 aliphatic carbocycles. The first-order chi connectivity index (χ1) is 9.60. The van der Waals surface area contributed by atoms with Gasteiger partial charge in [-0.15, -0.1) is 11.3 Å². The number of carbonyl (C=O) groups excluding carboxylic acids is 1. The lowest BCUT2D eigenvalue weighted by atomic mass is 10.1. The van der Waals surface area contributed by atoms with Crippen LogP contribution in [-0.4, -0.2) is 17.6 Å². The van der Waals surface area contributed by atoms with Crippen molar-refractivity contribution in [3.05, 3.63) is 45.1 Å². The number of benzene rings is 1. The smallest absolute Gasteiger partial charge is 0.348 e. The summed E-state index contributed by atoms with van der Waals surface area (Å²) in [4.78, 5) is 27.2. The monoisotopic (exact) mass is 287 g/mol. The fourth-order valence-corrected chi connectivity index (χ4v) is 3.29. The van der Waals surface area contributed by atoms with Crippen LogP contribution in [0.5, 0.6) is 0 Å². The van der Waals surface area contributed by atoms with Gasteiger partial charge in [0.1, 0.15) is 4.88 Å². The number of aromatic nitrogens is 1. The Morgan fingerprint density at radius 2 is 2.10 bits per heavy atom. The van der Waals surface area contributed by atoms with E-state index in [1.54, 1.807) is 13.0 Å². The van der Waals surface area contributed by atoms with Crippen LogP contribution in [0.3, 0.4) is 0 Å². The summed E-state index contributed by atoms with van der Waals surface area (Å²) in [5, 5.41) is 1.50. The molecule has 0 saturated carbocycles. The third-order valence-corrected chi connectivity index (χ3v) is 4.27. The zero-order valence-corrected chi connectivity index (χ0v) is 12.0. The maximum atomic E-state index is 12.1. The number of fused-ring (bicyclic) bond motifs is 3. The average Bonchev–Trinajstić information content (AvgIpc) is 2.86. The van der Waals surface area contributed by atoms with Crippen molar-refractivity contribution in [3.63, 3.8) is 0 Å². The van der Waals surface area contributed by atoms with Gasteiger partial charge in [0.2, 0.25) is 0 Å². The van der Waals surface area contributed by atoms with Crippen molar-refractivity contribution in [2.45, 2.75) is 13.8 Å². The minimum Gasteiger partial charge on any atom is -0.462 e. The van der Waals surface area contributed by atoms with Gasteiger partial charge in [0.05, 0.1) is 16.7 Å². The van der Waals surface area contributed by atoms with Crippen LogP contribution >= 0.6 is 11.3 Å². The topological polar surface area (TPSA) is 59.2 Å². The van der Waals surface area contributed by atoms with E-state index in [9.17, 15) is 9.59 Å². The standard InChI is InChI=1S/C15H13NO3S/c1-3-19-15(18)12-7-10-13(20-12)9-6-8(2)4-5-11(9)16-14(10)17/h4-7H,3H2,1-2H3,(H,16,17). The van der Waals surface area contributed by atoms with Crippen molar-refractivity contribution < 1.29 is 9.53 Å². The van der Waals surface area contributed by atoms with E-state index in [4.69, 9.17) is 4.74 Å². The molecule has 2 heterocycles. The van der Waals surface area contributed by atoms with Gasteiger partial charge >= 0.3 is 5.97 Å². The molecule has 0 fully saturated rings. The molecule has 0 bridgehead atoms. The maximum absolute atomic E-state index is 12.1. The van der Waals surface area contributed by atoms with E-state index >= 15 is 0 Å². The highest BCUT2D eigenvalue weighted by Crippen LogP contribution is 2.30. The molecule has 0 saturated heterocycles. The number of H-pyrrole nitrogens is 1. The molecule has 4 nitrogen and oxygen atoms in total. The lowest BCUT2D eigenvalue weighted by molar-refractivity contribution is 0.0532. The Hall–Kier alpha value is -2.14. The third-order valence-electron chi connectivity index (χ3n) is 3.12. The zero-order chi connectivity index (χ0) is 14.3. The average molecular weight is 287 g/mol. The molecule has 1 aromatic carbocycles. The van der Waals surface area contributed by atoms with Crippen LogP contribution < -0.4 is 5.56 Å². The van der Waals surface area contributed by atoms with Crippen molar-refractivity contribution in [1.29, 1.82) is 0 Å². The minimum absolute atomic E-state index is 0.178. The van der Waals surface area contributed by atoms with Crippen molar-refractivity contribution >= 4 is 38.3 Å². The molecule has 0 amide bonds. The second-order valence-corrected chi connectivity index (χ2v) is 5.63. The van der Waals surface area contributed by atoms with Gasteiger partial charge in [-0.05, 0) is 32.0 Å². The third kappa shape index (κ3) is 2.00. The number of thiophene rings is 1. The minimum atomic E-state index is -0.381. The van der Waals surface area contributed by atoms with Crippen LogP contribution in [0.1, 0.15) is 22.2 Å². The number of carbonyl (C=O) groups is 1. The fraction of sp³-hybridized carbons (Fsp3) is 0.200. The molecule has 3 rings (SSSR count). The molecule has 0 aliphatic rings. The van der Waals surface area contributed by atoms with Gasteiger partial charge in [0.15, 0.2) is 0 Å². The van der Waals surface area contributed by atoms with E-state index in [0.29, 0.717) is 16.9 Å². The Labute approximate surface area is 119 Å². The first-order valence-electron chi connectivity index (χ1n) is 6.33. The van der Waals surface area contributed by atoms with Crippen molar-refractivity contribution in [2.24, 2.45) is 0 Å². The van der Waals surface area contributed by atoms with E-state index in [0.717, 1.165) is 21.2 Å². The fourth-order valence-electron chi connectivity index (χ4n) is 2.21. The molecular weight excluding hydrogens is 274 g/mol. The number of hydrogen-bond acceptors (Lipinski definition) is 4. The van der Waals surface area contributed by atoms with Crippen LogP contribution in [0.4, 0.5) is 0 Å². The van der Waals surface area contributed by atoms with Gasteiger partial charge in [-0.1, -0.05) is 11.6 Å². The predicted octanol–water partition coefficient (Wildman–Crippen LogP) is 3.23. The molecule has 20 heavy (non-hydrogen) atoms. The summed E-state index contributed by atoms with van der Waals surface area (Å²) in [6.45, 7) is 4.08. The molecule has 102 valence electrons. The molecule has 3 aromatic rings. The second-order valence-electron chi connectivity index (χ2n) is 4.58. The summed E-state index contributed by atoms with van der Waals surface area (Å²) in [5.41, 5.74) is 1.71. The Morgan fingerprint density at radius 1 is 1.30 bits per heavy atom. The zero-order valence-electron chi connectivity index (χ0n) is 11.1. The molecule has 0 atom stereocenters. The van der Waals surface area contributed by atoms with Crippen LogP contribution in [0.2, 0.25) is 0 Å². The number of aryl methyl sites for hydroxylation is 1. The molecule has 5 heteroatoms. The van der Waals surface area contributed by atoms with Crippen LogP contribution in [0.15, 0.2) is 29.1 Å². The summed E-state index contributed by atoms with van der Waals surface area (Å²) in [5.74, 6) is -0.381. The first-order valence-corrected chi connectivity index (χ1v) is 7.15. The van der Waals surface area contributed by atoms with Gasteiger partial charge < -0.3 is 9.72 Å². The highest BCUT2D eigenvalue weighted by atomic mass is 32.1. The number of nitrogens with one attached hydrogen (secondary N) is 1. The van der Waals surface area contributed by atoms with E-state index in [1.807, 2.05) is 25.1 Å². The summed E-state index contributed by atoms with van der Waals surface area (Å²) in [6.07, 6.45) is 0. The maximum Gasteiger partial charge on any atom is 0.348 e. The highest BCUT2D eigenvalue weighted by Gasteiger charge is 2.15. The van der Waals surface area contributed by atoms with E-state index < -0.39 is 0 Å². The summed E-state index contributed by atoms with van der Waals surface area (Å²) in [7, 11) is 0.